The van der Waals surface area contributed by atoms with Crippen LogP contribution in [0.1, 0.15) is 36.4 Å². The Bertz CT molecular complexity index is 416. The predicted molar refractivity (Wildman–Crippen MR) is 69.3 cm³/mol. The number of hydrazine groups is 1. The van der Waals surface area contributed by atoms with Crippen LogP contribution in [0.5, 0.6) is 5.75 Å². The lowest BCUT2D eigenvalue weighted by Crippen LogP contribution is -2.39. The molecular weight excluding hydrogens is 228 g/mol. The van der Waals surface area contributed by atoms with E-state index >= 15 is 0 Å². The average Bonchev–Trinajstić information content (AvgIpc) is 2.88. The molecule has 0 bridgehead atoms. The summed E-state index contributed by atoms with van der Waals surface area (Å²) in [5.41, 5.74) is 5.40. The molecule has 1 aromatic rings. The number of ether oxygens (including phenoxy) is 2. The van der Waals surface area contributed by atoms with Gasteiger partial charge in [-0.3, -0.25) is 11.3 Å². The van der Waals surface area contributed by atoms with Crippen molar-refractivity contribution in [3.05, 3.63) is 29.3 Å². The van der Waals surface area contributed by atoms with Crippen molar-refractivity contribution in [2.24, 2.45) is 5.84 Å². The fraction of sp³-hybridized carbons (Fsp3) is 0.571. The van der Waals surface area contributed by atoms with Crippen LogP contribution in [0.25, 0.3) is 0 Å². The van der Waals surface area contributed by atoms with Gasteiger partial charge in [-0.05, 0) is 36.5 Å². The van der Waals surface area contributed by atoms with Gasteiger partial charge in [0.05, 0.1) is 18.8 Å². The first-order chi connectivity index (χ1) is 8.88. The van der Waals surface area contributed by atoms with E-state index in [1.165, 1.54) is 17.5 Å². The lowest BCUT2D eigenvalue weighted by Gasteiger charge is -2.30. The molecule has 2 heterocycles. The van der Waals surface area contributed by atoms with Gasteiger partial charge in [-0.2, -0.15) is 0 Å². The van der Waals surface area contributed by atoms with Crippen LogP contribution in [-0.2, 0) is 11.2 Å². The molecule has 0 aromatic heterocycles. The van der Waals surface area contributed by atoms with Gasteiger partial charge in [0.2, 0.25) is 0 Å². The minimum absolute atomic E-state index is 0.0798. The van der Waals surface area contributed by atoms with Gasteiger partial charge in [0.15, 0.2) is 0 Å². The number of hydrogen-bond donors (Lipinski definition) is 2. The minimum atomic E-state index is 0.0798. The molecular formula is C14H20N2O2. The first kappa shape index (κ1) is 12.0. The number of rotatable bonds is 3. The average molecular weight is 248 g/mol. The second kappa shape index (κ2) is 5.26. The maximum absolute atomic E-state index is 5.83. The first-order valence-electron chi connectivity index (χ1n) is 6.72. The lowest BCUT2D eigenvalue weighted by atomic mass is 9.94. The Labute approximate surface area is 107 Å². The molecule has 0 spiro atoms. The lowest BCUT2D eigenvalue weighted by molar-refractivity contribution is -0.00823. The normalized spacial score (nSPS) is 24.4. The van der Waals surface area contributed by atoms with Crippen LogP contribution in [0, 0.1) is 0 Å². The zero-order chi connectivity index (χ0) is 12.4. The molecule has 2 aliphatic rings. The largest absolute Gasteiger partial charge is 0.493 e. The van der Waals surface area contributed by atoms with Gasteiger partial charge in [0.25, 0.3) is 0 Å². The maximum atomic E-state index is 5.83. The van der Waals surface area contributed by atoms with Crippen LogP contribution in [0.15, 0.2) is 18.2 Å². The number of nitrogens with one attached hydrogen (secondary N) is 1. The quantitative estimate of drug-likeness (QED) is 0.631. The zero-order valence-electron chi connectivity index (χ0n) is 10.5. The minimum Gasteiger partial charge on any atom is -0.493 e. The summed E-state index contributed by atoms with van der Waals surface area (Å²) in [5, 5.41) is 0. The Morgan fingerprint density at radius 3 is 3.00 bits per heavy atom. The van der Waals surface area contributed by atoms with Crippen molar-refractivity contribution in [1.29, 1.82) is 0 Å². The standard InChI is InChI=1S/C14H20N2O2/c15-16-14(13-3-1-2-7-17-13)11-4-5-12-10(9-11)6-8-18-12/h4-5,9,13-14,16H,1-3,6-8,15H2. The Kier molecular flexibility index (Phi) is 3.50. The third kappa shape index (κ3) is 2.23. The second-order valence-corrected chi connectivity index (χ2v) is 5.01. The predicted octanol–water partition coefficient (Wildman–Crippen LogP) is 1.69. The third-order valence-electron chi connectivity index (χ3n) is 3.84. The molecule has 4 nitrogen and oxygen atoms in total. The van der Waals surface area contributed by atoms with E-state index in [1.54, 1.807) is 0 Å². The summed E-state index contributed by atoms with van der Waals surface area (Å²) in [6.07, 6.45) is 4.63. The molecule has 0 saturated carbocycles. The van der Waals surface area contributed by atoms with Gasteiger partial charge in [0, 0.05) is 13.0 Å². The topological polar surface area (TPSA) is 56.5 Å². The summed E-state index contributed by atoms with van der Waals surface area (Å²) in [7, 11) is 0. The highest BCUT2D eigenvalue weighted by atomic mass is 16.5. The molecule has 0 amide bonds. The highest BCUT2D eigenvalue weighted by molar-refractivity contribution is 5.41. The molecule has 98 valence electrons. The van der Waals surface area contributed by atoms with Gasteiger partial charge >= 0.3 is 0 Å². The monoisotopic (exact) mass is 248 g/mol. The van der Waals surface area contributed by atoms with Crippen LogP contribution < -0.4 is 16.0 Å². The SMILES string of the molecule is NNC(c1ccc2c(c1)CCO2)C1CCCCO1. The van der Waals surface area contributed by atoms with Crippen molar-refractivity contribution in [1.82, 2.24) is 5.43 Å². The number of hydrogen-bond acceptors (Lipinski definition) is 4. The summed E-state index contributed by atoms with van der Waals surface area (Å²) in [6.45, 7) is 1.64. The summed E-state index contributed by atoms with van der Waals surface area (Å²) in [5.74, 6) is 6.73. The van der Waals surface area contributed by atoms with Gasteiger partial charge in [-0.15, -0.1) is 0 Å². The van der Waals surface area contributed by atoms with E-state index < -0.39 is 0 Å². The number of benzene rings is 1. The summed E-state index contributed by atoms with van der Waals surface area (Å²) in [4.78, 5) is 0. The molecule has 2 atom stereocenters. The Balaban J connectivity index is 1.82. The van der Waals surface area contributed by atoms with Gasteiger partial charge in [-0.25, -0.2) is 0 Å². The Hall–Kier alpha value is -1.10. The molecule has 18 heavy (non-hydrogen) atoms. The second-order valence-electron chi connectivity index (χ2n) is 5.01. The maximum Gasteiger partial charge on any atom is 0.122 e. The molecule has 0 radical (unpaired) electrons. The van der Waals surface area contributed by atoms with Crippen molar-refractivity contribution in [3.8, 4) is 5.75 Å². The van der Waals surface area contributed by atoms with Crippen LogP contribution in [0.3, 0.4) is 0 Å². The van der Waals surface area contributed by atoms with Crippen LogP contribution >= 0.6 is 0 Å². The third-order valence-corrected chi connectivity index (χ3v) is 3.84. The van der Waals surface area contributed by atoms with Crippen molar-refractivity contribution in [2.75, 3.05) is 13.2 Å². The van der Waals surface area contributed by atoms with E-state index in [2.05, 4.69) is 17.6 Å². The Morgan fingerprint density at radius 2 is 2.22 bits per heavy atom. The van der Waals surface area contributed by atoms with Gasteiger partial charge in [-0.1, -0.05) is 12.1 Å². The van der Waals surface area contributed by atoms with Gasteiger partial charge < -0.3 is 9.47 Å². The van der Waals surface area contributed by atoms with Crippen molar-refractivity contribution in [3.63, 3.8) is 0 Å². The highest BCUT2D eigenvalue weighted by Crippen LogP contribution is 2.31. The molecule has 3 N–H and O–H groups in total. The van der Waals surface area contributed by atoms with Crippen molar-refractivity contribution in [2.45, 2.75) is 37.8 Å². The molecule has 2 unspecified atom stereocenters. The highest BCUT2D eigenvalue weighted by Gasteiger charge is 2.26. The van der Waals surface area contributed by atoms with E-state index in [1.807, 2.05) is 6.07 Å². The molecule has 1 fully saturated rings. The molecule has 1 saturated heterocycles. The first-order valence-corrected chi connectivity index (χ1v) is 6.72. The molecule has 2 aliphatic heterocycles. The summed E-state index contributed by atoms with van der Waals surface area (Å²) < 4.78 is 11.4. The number of nitrogens with two attached hydrogens (primary N) is 1. The van der Waals surface area contributed by atoms with E-state index in [4.69, 9.17) is 15.3 Å². The van der Waals surface area contributed by atoms with E-state index in [0.29, 0.717) is 0 Å². The van der Waals surface area contributed by atoms with E-state index in [0.717, 1.165) is 38.2 Å². The zero-order valence-corrected chi connectivity index (χ0v) is 10.5. The Morgan fingerprint density at radius 1 is 1.28 bits per heavy atom. The van der Waals surface area contributed by atoms with Crippen LogP contribution in [0.2, 0.25) is 0 Å². The van der Waals surface area contributed by atoms with Crippen molar-refractivity contribution >= 4 is 0 Å². The van der Waals surface area contributed by atoms with E-state index in [9.17, 15) is 0 Å². The summed E-state index contributed by atoms with van der Waals surface area (Å²) >= 11 is 0. The van der Waals surface area contributed by atoms with Gasteiger partial charge in [0.1, 0.15) is 5.75 Å². The molecule has 0 aliphatic carbocycles. The van der Waals surface area contributed by atoms with Crippen LogP contribution in [-0.4, -0.2) is 19.3 Å². The van der Waals surface area contributed by atoms with Crippen LogP contribution in [0.4, 0.5) is 0 Å². The molecule has 1 aromatic carbocycles. The van der Waals surface area contributed by atoms with E-state index in [-0.39, 0.29) is 12.1 Å². The number of fused-ring (bicyclic) bond motifs is 1. The van der Waals surface area contributed by atoms with Crippen molar-refractivity contribution < 1.29 is 9.47 Å². The smallest absolute Gasteiger partial charge is 0.122 e. The summed E-state index contributed by atoms with van der Waals surface area (Å²) in [6, 6.07) is 6.42. The fourth-order valence-electron chi connectivity index (χ4n) is 2.85. The fourth-order valence-corrected chi connectivity index (χ4v) is 2.85. The molecule has 4 heteroatoms. The molecule has 3 rings (SSSR count).